The van der Waals surface area contributed by atoms with Gasteiger partial charge in [-0.25, -0.2) is 0 Å². The van der Waals surface area contributed by atoms with Crippen LogP contribution in [0.15, 0.2) is 23.8 Å². The van der Waals surface area contributed by atoms with E-state index < -0.39 is 5.91 Å². The number of hydrogen-bond donors (Lipinski definition) is 1. The van der Waals surface area contributed by atoms with Crippen molar-refractivity contribution >= 4 is 11.7 Å². The monoisotopic (exact) mass is 224 g/mol. The number of primary amides is 1. The maximum atomic E-state index is 11.5. The maximum Gasteiger partial charge on any atom is 0.252 e. The predicted molar refractivity (Wildman–Crippen MR) is 64.9 cm³/mol. The van der Waals surface area contributed by atoms with Crippen LogP contribution in [0.25, 0.3) is 0 Å². The summed E-state index contributed by atoms with van der Waals surface area (Å²) < 4.78 is 0. The third kappa shape index (κ3) is 5.46. The summed E-state index contributed by atoms with van der Waals surface area (Å²) in [6.07, 6.45) is 3.14. The van der Waals surface area contributed by atoms with Crippen LogP contribution in [0.1, 0.15) is 19.8 Å². The fraction of sp³-hybridized carbons (Fsp3) is 0.500. The summed E-state index contributed by atoms with van der Waals surface area (Å²) >= 11 is 0. The molecule has 0 spiro atoms. The zero-order chi connectivity index (χ0) is 12.7. The second-order valence-electron chi connectivity index (χ2n) is 4.04. The molecule has 0 rings (SSSR count). The Kier molecular flexibility index (Phi) is 6.34. The lowest BCUT2D eigenvalue weighted by Gasteiger charge is -2.07. The Morgan fingerprint density at radius 2 is 1.94 bits per heavy atom. The predicted octanol–water partition coefficient (Wildman–Crippen LogP) is 0.885. The van der Waals surface area contributed by atoms with Crippen molar-refractivity contribution in [3.05, 3.63) is 23.8 Å². The molecular formula is C12H20N2O2. The average molecular weight is 224 g/mol. The van der Waals surface area contributed by atoms with E-state index >= 15 is 0 Å². The van der Waals surface area contributed by atoms with Crippen LogP contribution >= 0.6 is 0 Å². The molecule has 0 unspecified atom stereocenters. The molecule has 4 nitrogen and oxygen atoms in total. The van der Waals surface area contributed by atoms with Crippen molar-refractivity contribution in [1.29, 1.82) is 0 Å². The Hall–Kier alpha value is -1.42. The van der Waals surface area contributed by atoms with E-state index in [0.29, 0.717) is 12.0 Å². The zero-order valence-corrected chi connectivity index (χ0v) is 10.2. The minimum Gasteiger partial charge on any atom is -0.365 e. The summed E-state index contributed by atoms with van der Waals surface area (Å²) in [5.74, 6) is -1.05. The van der Waals surface area contributed by atoms with Crippen molar-refractivity contribution < 1.29 is 9.59 Å². The van der Waals surface area contributed by atoms with Crippen LogP contribution in [0.5, 0.6) is 0 Å². The zero-order valence-electron chi connectivity index (χ0n) is 10.2. The SMILES string of the molecule is C=C(C)C(=O)C(=CCCCN(C)C)C(N)=O. The molecular weight excluding hydrogens is 204 g/mol. The van der Waals surface area contributed by atoms with E-state index in [1.165, 1.54) is 0 Å². The molecule has 0 saturated heterocycles. The van der Waals surface area contributed by atoms with E-state index in [9.17, 15) is 9.59 Å². The van der Waals surface area contributed by atoms with Crippen LogP contribution in [-0.2, 0) is 9.59 Å². The number of carbonyl (C=O) groups excluding carboxylic acids is 2. The fourth-order valence-corrected chi connectivity index (χ4v) is 1.19. The minimum absolute atomic E-state index is 0.0475. The van der Waals surface area contributed by atoms with Gasteiger partial charge in [-0.2, -0.15) is 0 Å². The topological polar surface area (TPSA) is 63.4 Å². The summed E-state index contributed by atoms with van der Waals surface area (Å²) in [5, 5.41) is 0. The Bertz CT molecular complexity index is 317. The summed E-state index contributed by atoms with van der Waals surface area (Å²) in [6.45, 7) is 5.98. The summed E-state index contributed by atoms with van der Waals surface area (Å²) in [4.78, 5) is 24.6. The smallest absolute Gasteiger partial charge is 0.252 e. The van der Waals surface area contributed by atoms with Gasteiger partial charge in [0.25, 0.3) is 5.91 Å². The van der Waals surface area contributed by atoms with E-state index in [1.54, 1.807) is 13.0 Å². The highest BCUT2D eigenvalue weighted by Crippen LogP contribution is 2.06. The Morgan fingerprint density at radius 3 is 2.31 bits per heavy atom. The fourth-order valence-electron chi connectivity index (χ4n) is 1.19. The molecule has 0 fully saturated rings. The number of carbonyl (C=O) groups is 2. The van der Waals surface area contributed by atoms with Crippen molar-refractivity contribution in [2.45, 2.75) is 19.8 Å². The van der Waals surface area contributed by atoms with Crippen LogP contribution in [0.2, 0.25) is 0 Å². The van der Waals surface area contributed by atoms with E-state index in [-0.39, 0.29) is 11.4 Å². The lowest BCUT2D eigenvalue weighted by molar-refractivity contribution is -0.119. The van der Waals surface area contributed by atoms with Gasteiger partial charge in [-0.05, 0) is 46.0 Å². The first kappa shape index (κ1) is 14.6. The number of rotatable bonds is 7. The van der Waals surface area contributed by atoms with Crippen LogP contribution in [-0.4, -0.2) is 37.2 Å². The highest BCUT2D eigenvalue weighted by Gasteiger charge is 2.14. The van der Waals surface area contributed by atoms with Gasteiger partial charge in [-0.15, -0.1) is 0 Å². The van der Waals surface area contributed by atoms with E-state index in [0.717, 1.165) is 13.0 Å². The molecule has 16 heavy (non-hydrogen) atoms. The van der Waals surface area contributed by atoms with Crippen LogP contribution in [0.4, 0.5) is 0 Å². The summed E-state index contributed by atoms with van der Waals surface area (Å²) in [6, 6.07) is 0. The van der Waals surface area contributed by atoms with Crippen molar-refractivity contribution in [2.75, 3.05) is 20.6 Å². The van der Waals surface area contributed by atoms with Crippen LogP contribution in [0, 0.1) is 0 Å². The van der Waals surface area contributed by atoms with Crippen LogP contribution < -0.4 is 5.73 Å². The molecule has 0 heterocycles. The van der Waals surface area contributed by atoms with E-state index in [2.05, 4.69) is 6.58 Å². The summed E-state index contributed by atoms with van der Waals surface area (Å²) in [7, 11) is 3.94. The molecule has 0 aliphatic heterocycles. The van der Waals surface area contributed by atoms with Gasteiger partial charge in [-0.3, -0.25) is 9.59 Å². The molecule has 0 saturated carbocycles. The van der Waals surface area contributed by atoms with Gasteiger partial charge in [0, 0.05) is 0 Å². The number of hydrogen-bond acceptors (Lipinski definition) is 3. The molecule has 2 N–H and O–H groups in total. The molecule has 0 radical (unpaired) electrons. The standard InChI is InChI=1S/C12H20N2O2/c1-9(2)11(15)10(12(13)16)7-5-6-8-14(3)4/h7H,1,5-6,8H2,2-4H3,(H2,13,16). The molecule has 0 aromatic carbocycles. The van der Waals surface area contributed by atoms with Crippen molar-refractivity contribution in [1.82, 2.24) is 4.90 Å². The molecule has 0 aromatic heterocycles. The lowest BCUT2D eigenvalue weighted by Crippen LogP contribution is -2.21. The second kappa shape index (κ2) is 6.95. The third-order valence-electron chi connectivity index (χ3n) is 2.06. The summed E-state index contributed by atoms with van der Waals surface area (Å²) in [5.41, 5.74) is 5.52. The molecule has 0 aromatic rings. The van der Waals surface area contributed by atoms with E-state index in [1.807, 2.05) is 19.0 Å². The number of unbranched alkanes of at least 4 members (excludes halogenated alkanes) is 1. The number of ketones is 1. The maximum absolute atomic E-state index is 11.5. The van der Waals surface area contributed by atoms with Gasteiger partial charge in [0.1, 0.15) is 0 Å². The first-order chi connectivity index (χ1) is 7.36. The van der Waals surface area contributed by atoms with E-state index in [4.69, 9.17) is 5.73 Å². The third-order valence-corrected chi connectivity index (χ3v) is 2.06. The number of nitrogens with zero attached hydrogens (tertiary/aromatic N) is 1. The largest absolute Gasteiger partial charge is 0.365 e. The van der Waals surface area contributed by atoms with Gasteiger partial charge in [0.05, 0.1) is 5.57 Å². The van der Waals surface area contributed by atoms with Crippen molar-refractivity contribution in [3.63, 3.8) is 0 Å². The molecule has 1 amide bonds. The number of allylic oxidation sites excluding steroid dienone is 2. The van der Waals surface area contributed by atoms with Gasteiger partial charge in [0.2, 0.25) is 0 Å². The number of amides is 1. The van der Waals surface area contributed by atoms with Gasteiger partial charge in [-0.1, -0.05) is 12.7 Å². The highest BCUT2D eigenvalue weighted by molar-refractivity contribution is 6.24. The normalized spacial score (nSPS) is 11.6. The number of nitrogens with two attached hydrogens (primary N) is 1. The van der Waals surface area contributed by atoms with Crippen molar-refractivity contribution in [3.8, 4) is 0 Å². The Morgan fingerprint density at radius 1 is 1.38 bits per heavy atom. The highest BCUT2D eigenvalue weighted by atomic mass is 16.2. The van der Waals surface area contributed by atoms with Crippen molar-refractivity contribution in [2.24, 2.45) is 5.73 Å². The molecule has 0 aliphatic carbocycles. The first-order valence-corrected chi connectivity index (χ1v) is 5.21. The number of Topliss-reactive ketones (excluding diaryl/α,β-unsaturated/α-hetero) is 1. The minimum atomic E-state index is -0.683. The Labute approximate surface area is 96.8 Å². The molecule has 0 bridgehead atoms. The molecule has 0 atom stereocenters. The Balaban J connectivity index is 4.43. The molecule has 4 heteroatoms. The average Bonchev–Trinajstić information content (AvgIpc) is 2.15. The lowest BCUT2D eigenvalue weighted by atomic mass is 10.0. The quantitative estimate of drug-likeness (QED) is 0.302. The van der Waals surface area contributed by atoms with Gasteiger partial charge < -0.3 is 10.6 Å². The first-order valence-electron chi connectivity index (χ1n) is 5.21. The molecule has 90 valence electrons. The van der Waals surface area contributed by atoms with Gasteiger partial charge >= 0.3 is 0 Å². The van der Waals surface area contributed by atoms with Crippen LogP contribution in [0.3, 0.4) is 0 Å². The van der Waals surface area contributed by atoms with Gasteiger partial charge in [0.15, 0.2) is 5.78 Å². The molecule has 0 aliphatic rings. The second-order valence-corrected chi connectivity index (χ2v) is 4.04.